The molecule has 1 aromatic heterocycles. The van der Waals surface area contributed by atoms with Gasteiger partial charge in [-0.25, -0.2) is 0 Å². The fourth-order valence-corrected chi connectivity index (χ4v) is 2.91. The lowest BCUT2D eigenvalue weighted by atomic mass is 10.1. The lowest BCUT2D eigenvalue weighted by Crippen LogP contribution is -2.48. The van der Waals surface area contributed by atoms with E-state index in [1.165, 1.54) is 5.56 Å². The standard InChI is InChI=1S/C13H19N3OS/c1-2-10-4-3-5-14-11(10)8-16-13(17)12-9-18-7-6-15-12/h3-5,12,15H,2,6-9H2,1H3,(H,16,17). The maximum absolute atomic E-state index is 12.0. The molecule has 0 radical (unpaired) electrons. The Labute approximate surface area is 112 Å². The summed E-state index contributed by atoms with van der Waals surface area (Å²) in [5.41, 5.74) is 2.17. The number of carbonyl (C=O) groups excluding carboxylic acids is 1. The van der Waals surface area contributed by atoms with Gasteiger partial charge in [0.15, 0.2) is 0 Å². The van der Waals surface area contributed by atoms with Crippen LogP contribution in [0.4, 0.5) is 0 Å². The van der Waals surface area contributed by atoms with Gasteiger partial charge in [0.1, 0.15) is 0 Å². The van der Waals surface area contributed by atoms with Crippen LogP contribution in [-0.2, 0) is 17.8 Å². The highest BCUT2D eigenvalue weighted by Gasteiger charge is 2.20. The number of aromatic nitrogens is 1. The zero-order chi connectivity index (χ0) is 12.8. The molecule has 1 saturated heterocycles. The Morgan fingerprint density at radius 2 is 2.56 bits per heavy atom. The normalized spacial score (nSPS) is 19.5. The molecule has 1 fully saturated rings. The molecule has 98 valence electrons. The molecular formula is C13H19N3OS. The van der Waals surface area contributed by atoms with Gasteiger partial charge in [-0.15, -0.1) is 0 Å². The van der Waals surface area contributed by atoms with Gasteiger partial charge in [0.2, 0.25) is 5.91 Å². The van der Waals surface area contributed by atoms with E-state index >= 15 is 0 Å². The van der Waals surface area contributed by atoms with Gasteiger partial charge in [-0.2, -0.15) is 11.8 Å². The Kier molecular flexibility index (Phi) is 5.01. The van der Waals surface area contributed by atoms with Gasteiger partial charge in [0.25, 0.3) is 0 Å². The van der Waals surface area contributed by atoms with Crippen molar-refractivity contribution < 1.29 is 4.79 Å². The maximum atomic E-state index is 12.0. The average molecular weight is 265 g/mol. The lowest BCUT2D eigenvalue weighted by molar-refractivity contribution is -0.122. The van der Waals surface area contributed by atoms with E-state index in [4.69, 9.17) is 0 Å². The van der Waals surface area contributed by atoms with Gasteiger partial charge in [-0.05, 0) is 18.1 Å². The van der Waals surface area contributed by atoms with E-state index in [1.54, 1.807) is 6.20 Å². The zero-order valence-corrected chi connectivity index (χ0v) is 11.4. The highest BCUT2D eigenvalue weighted by atomic mass is 32.2. The number of thioether (sulfide) groups is 1. The van der Waals surface area contributed by atoms with Gasteiger partial charge in [-0.3, -0.25) is 9.78 Å². The smallest absolute Gasteiger partial charge is 0.238 e. The van der Waals surface area contributed by atoms with Crippen LogP contribution >= 0.6 is 11.8 Å². The summed E-state index contributed by atoms with van der Waals surface area (Å²) in [7, 11) is 0. The molecule has 1 unspecified atom stereocenters. The molecule has 2 rings (SSSR count). The first-order valence-corrected chi connectivity index (χ1v) is 7.48. The second kappa shape index (κ2) is 6.75. The predicted octanol–water partition coefficient (Wildman–Crippen LogP) is 0.965. The lowest BCUT2D eigenvalue weighted by Gasteiger charge is -2.22. The van der Waals surface area contributed by atoms with Crippen LogP contribution in [0.2, 0.25) is 0 Å². The minimum absolute atomic E-state index is 0.0578. The number of pyridine rings is 1. The van der Waals surface area contributed by atoms with E-state index in [0.717, 1.165) is 30.2 Å². The Morgan fingerprint density at radius 1 is 1.67 bits per heavy atom. The van der Waals surface area contributed by atoms with E-state index in [1.807, 2.05) is 17.8 Å². The van der Waals surface area contributed by atoms with Crippen molar-refractivity contribution in [2.75, 3.05) is 18.1 Å². The molecule has 0 saturated carbocycles. The number of nitrogens with one attached hydrogen (secondary N) is 2. The van der Waals surface area contributed by atoms with Gasteiger partial charge in [-0.1, -0.05) is 13.0 Å². The topological polar surface area (TPSA) is 54.0 Å². The van der Waals surface area contributed by atoms with Crippen LogP contribution in [-0.4, -0.2) is 35.0 Å². The van der Waals surface area contributed by atoms with Gasteiger partial charge < -0.3 is 10.6 Å². The number of hydrogen-bond acceptors (Lipinski definition) is 4. The van der Waals surface area contributed by atoms with E-state index in [0.29, 0.717) is 6.54 Å². The predicted molar refractivity (Wildman–Crippen MR) is 74.6 cm³/mol. The highest BCUT2D eigenvalue weighted by Crippen LogP contribution is 2.09. The largest absolute Gasteiger partial charge is 0.349 e. The summed E-state index contributed by atoms with van der Waals surface area (Å²) >= 11 is 1.82. The van der Waals surface area contributed by atoms with Crippen molar-refractivity contribution in [2.45, 2.75) is 25.9 Å². The fourth-order valence-electron chi connectivity index (χ4n) is 1.98. The van der Waals surface area contributed by atoms with E-state index in [-0.39, 0.29) is 11.9 Å². The fraction of sp³-hybridized carbons (Fsp3) is 0.538. The van der Waals surface area contributed by atoms with E-state index in [9.17, 15) is 4.79 Å². The summed E-state index contributed by atoms with van der Waals surface area (Å²) in [6, 6.07) is 3.93. The number of aryl methyl sites for hydroxylation is 1. The van der Waals surface area contributed by atoms with Crippen molar-refractivity contribution in [3.63, 3.8) is 0 Å². The van der Waals surface area contributed by atoms with E-state index < -0.39 is 0 Å². The number of hydrogen-bond donors (Lipinski definition) is 2. The summed E-state index contributed by atoms with van der Waals surface area (Å²) < 4.78 is 0. The summed E-state index contributed by atoms with van der Waals surface area (Å²) in [5, 5.41) is 6.20. The molecule has 5 heteroatoms. The molecule has 1 aliphatic rings. The van der Waals surface area contributed by atoms with Crippen molar-refractivity contribution in [1.82, 2.24) is 15.6 Å². The molecule has 0 bridgehead atoms. The first-order chi connectivity index (χ1) is 8.81. The van der Waals surface area contributed by atoms with Crippen LogP contribution in [0.25, 0.3) is 0 Å². The van der Waals surface area contributed by atoms with Crippen LogP contribution in [0.1, 0.15) is 18.2 Å². The van der Waals surface area contributed by atoms with Crippen LogP contribution in [0, 0.1) is 0 Å². The number of nitrogens with zero attached hydrogens (tertiary/aromatic N) is 1. The molecule has 18 heavy (non-hydrogen) atoms. The first-order valence-electron chi connectivity index (χ1n) is 6.33. The van der Waals surface area contributed by atoms with Crippen molar-refractivity contribution >= 4 is 17.7 Å². The Balaban J connectivity index is 1.88. The third-order valence-corrected chi connectivity index (χ3v) is 4.10. The van der Waals surface area contributed by atoms with Gasteiger partial charge >= 0.3 is 0 Å². The summed E-state index contributed by atoms with van der Waals surface area (Å²) in [6.45, 7) is 3.53. The van der Waals surface area contributed by atoms with Crippen LogP contribution in [0.5, 0.6) is 0 Å². The summed E-state index contributed by atoms with van der Waals surface area (Å²) in [6.07, 6.45) is 2.71. The monoisotopic (exact) mass is 265 g/mol. The second-order valence-electron chi connectivity index (χ2n) is 4.26. The molecule has 1 aliphatic heterocycles. The van der Waals surface area contributed by atoms with E-state index in [2.05, 4.69) is 28.6 Å². The zero-order valence-electron chi connectivity index (χ0n) is 10.6. The molecular weight excluding hydrogens is 246 g/mol. The summed E-state index contributed by atoms with van der Waals surface area (Å²) in [4.78, 5) is 16.3. The molecule has 2 N–H and O–H groups in total. The third-order valence-electron chi connectivity index (χ3n) is 3.03. The second-order valence-corrected chi connectivity index (χ2v) is 5.41. The Morgan fingerprint density at radius 3 is 3.28 bits per heavy atom. The molecule has 2 heterocycles. The minimum atomic E-state index is -0.0578. The Bertz CT molecular complexity index is 405. The average Bonchev–Trinajstić information content (AvgIpc) is 2.46. The van der Waals surface area contributed by atoms with Crippen LogP contribution in [0.3, 0.4) is 0 Å². The molecule has 4 nitrogen and oxygen atoms in total. The molecule has 1 amide bonds. The first kappa shape index (κ1) is 13.4. The van der Waals surface area contributed by atoms with Crippen molar-refractivity contribution in [1.29, 1.82) is 0 Å². The van der Waals surface area contributed by atoms with Crippen molar-refractivity contribution in [3.8, 4) is 0 Å². The van der Waals surface area contributed by atoms with Crippen molar-refractivity contribution in [2.24, 2.45) is 0 Å². The molecule has 0 spiro atoms. The molecule has 1 atom stereocenters. The Hall–Kier alpha value is -1.07. The maximum Gasteiger partial charge on any atom is 0.238 e. The number of amides is 1. The minimum Gasteiger partial charge on any atom is -0.349 e. The van der Waals surface area contributed by atoms with Crippen LogP contribution in [0.15, 0.2) is 18.3 Å². The number of rotatable bonds is 4. The third kappa shape index (κ3) is 3.46. The van der Waals surface area contributed by atoms with Crippen LogP contribution < -0.4 is 10.6 Å². The highest BCUT2D eigenvalue weighted by molar-refractivity contribution is 7.99. The van der Waals surface area contributed by atoms with Crippen molar-refractivity contribution in [3.05, 3.63) is 29.6 Å². The SMILES string of the molecule is CCc1cccnc1CNC(=O)C1CSCCN1. The molecule has 1 aromatic rings. The summed E-state index contributed by atoms with van der Waals surface area (Å²) in [5.74, 6) is 2.02. The number of carbonyl (C=O) groups is 1. The quantitative estimate of drug-likeness (QED) is 0.851. The molecule has 0 aliphatic carbocycles. The van der Waals surface area contributed by atoms with Gasteiger partial charge in [0.05, 0.1) is 18.3 Å². The van der Waals surface area contributed by atoms with Gasteiger partial charge in [0, 0.05) is 24.2 Å². The molecule has 0 aromatic carbocycles.